The average Bonchev–Trinajstić information content (AvgIpc) is 3.02. The molecule has 1 aromatic heterocycles. The SMILES string of the molecule is COC(=O)c1cccc2nc(NC3CCN(C(=O)OC(C)(C)C)CC3)oc12. The van der Waals surface area contributed by atoms with E-state index in [9.17, 15) is 9.59 Å². The number of amides is 1. The zero-order chi connectivity index (χ0) is 19.6. The van der Waals surface area contributed by atoms with E-state index in [4.69, 9.17) is 13.9 Å². The summed E-state index contributed by atoms with van der Waals surface area (Å²) in [7, 11) is 1.33. The van der Waals surface area contributed by atoms with Crippen LogP contribution in [0.4, 0.5) is 10.8 Å². The molecule has 0 spiro atoms. The highest BCUT2D eigenvalue weighted by molar-refractivity contribution is 6.01. The molecule has 1 aromatic carbocycles. The molecule has 0 atom stereocenters. The number of fused-ring (bicyclic) bond motifs is 1. The van der Waals surface area contributed by atoms with Gasteiger partial charge in [0.1, 0.15) is 16.7 Å². The molecule has 1 fully saturated rings. The molecule has 0 unspecified atom stereocenters. The summed E-state index contributed by atoms with van der Waals surface area (Å²) in [5, 5.41) is 3.25. The number of esters is 1. The van der Waals surface area contributed by atoms with E-state index in [1.54, 1.807) is 23.1 Å². The normalized spacial score (nSPS) is 15.6. The van der Waals surface area contributed by atoms with Gasteiger partial charge in [0.05, 0.1) is 7.11 Å². The van der Waals surface area contributed by atoms with E-state index in [-0.39, 0.29) is 12.1 Å². The van der Waals surface area contributed by atoms with Crippen LogP contribution in [0.25, 0.3) is 11.1 Å². The Balaban J connectivity index is 1.62. The summed E-state index contributed by atoms with van der Waals surface area (Å²) in [6.07, 6.45) is 1.22. The molecule has 0 saturated carbocycles. The number of hydrogen-bond donors (Lipinski definition) is 1. The summed E-state index contributed by atoms with van der Waals surface area (Å²) < 4.78 is 15.9. The minimum absolute atomic E-state index is 0.123. The highest BCUT2D eigenvalue weighted by Gasteiger charge is 2.27. The van der Waals surface area contributed by atoms with Crippen LogP contribution in [-0.2, 0) is 9.47 Å². The third kappa shape index (κ3) is 4.50. The monoisotopic (exact) mass is 375 g/mol. The number of nitrogens with zero attached hydrogens (tertiary/aromatic N) is 2. The molecule has 1 N–H and O–H groups in total. The average molecular weight is 375 g/mol. The van der Waals surface area contributed by atoms with Crippen LogP contribution in [0, 0.1) is 0 Å². The smallest absolute Gasteiger partial charge is 0.410 e. The molecule has 146 valence electrons. The van der Waals surface area contributed by atoms with Crippen LogP contribution in [0.5, 0.6) is 0 Å². The van der Waals surface area contributed by atoms with Crippen LogP contribution >= 0.6 is 0 Å². The van der Waals surface area contributed by atoms with Gasteiger partial charge in [-0.3, -0.25) is 0 Å². The van der Waals surface area contributed by atoms with Gasteiger partial charge in [-0.05, 0) is 45.7 Å². The van der Waals surface area contributed by atoms with Crippen molar-refractivity contribution in [3.05, 3.63) is 23.8 Å². The molecule has 0 aliphatic carbocycles. The molecule has 1 saturated heterocycles. The fraction of sp³-hybridized carbons (Fsp3) is 0.526. The zero-order valence-electron chi connectivity index (χ0n) is 16.1. The van der Waals surface area contributed by atoms with Crippen LogP contribution in [0.15, 0.2) is 22.6 Å². The molecule has 2 aromatic rings. The van der Waals surface area contributed by atoms with Crippen molar-refractivity contribution in [3.8, 4) is 0 Å². The van der Waals surface area contributed by atoms with Crippen LogP contribution in [0.1, 0.15) is 44.0 Å². The van der Waals surface area contributed by atoms with Gasteiger partial charge in [-0.25, -0.2) is 9.59 Å². The number of carbonyl (C=O) groups is 2. The summed E-state index contributed by atoms with van der Waals surface area (Å²) in [5.74, 6) is -0.464. The van der Waals surface area contributed by atoms with Crippen molar-refractivity contribution in [1.29, 1.82) is 0 Å². The van der Waals surface area contributed by atoms with E-state index in [2.05, 4.69) is 10.3 Å². The molecule has 2 heterocycles. The number of benzene rings is 1. The Morgan fingerprint density at radius 3 is 2.59 bits per heavy atom. The van der Waals surface area contributed by atoms with Crippen LogP contribution in [0.2, 0.25) is 0 Å². The predicted molar refractivity (Wildman–Crippen MR) is 99.8 cm³/mol. The molecular weight excluding hydrogens is 350 g/mol. The highest BCUT2D eigenvalue weighted by Crippen LogP contribution is 2.25. The van der Waals surface area contributed by atoms with E-state index in [0.29, 0.717) is 35.8 Å². The largest absolute Gasteiger partial charge is 0.465 e. The van der Waals surface area contributed by atoms with Crippen LogP contribution in [-0.4, -0.2) is 53.8 Å². The third-order valence-corrected chi connectivity index (χ3v) is 4.29. The molecule has 0 radical (unpaired) electrons. The number of hydrogen-bond acceptors (Lipinski definition) is 7. The maximum Gasteiger partial charge on any atom is 0.410 e. The lowest BCUT2D eigenvalue weighted by molar-refractivity contribution is 0.0210. The Labute approximate surface area is 157 Å². The Morgan fingerprint density at radius 2 is 1.96 bits per heavy atom. The third-order valence-electron chi connectivity index (χ3n) is 4.29. The van der Waals surface area contributed by atoms with Gasteiger partial charge < -0.3 is 24.1 Å². The highest BCUT2D eigenvalue weighted by atomic mass is 16.6. The zero-order valence-corrected chi connectivity index (χ0v) is 16.1. The summed E-state index contributed by atoms with van der Waals surface area (Å²) in [6, 6.07) is 5.64. The fourth-order valence-corrected chi connectivity index (χ4v) is 2.99. The predicted octanol–water partition coefficient (Wildman–Crippen LogP) is 3.43. The van der Waals surface area contributed by atoms with Gasteiger partial charge in [-0.15, -0.1) is 0 Å². The first kappa shape index (κ1) is 19.0. The minimum atomic E-state index is -0.498. The summed E-state index contributed by atoms with van der Waals surface area (Å²) in [5.41, 5.74) is 0.835. The maximum atomic E-state index is 12.1. The van der Waals surface area contributed by atoms with Crippen molar-refractivity contribution in [2.45, 2.75) is 45.3 Å². The second kappa shape index (κ2) is 7.46. The second-order valence-electron chi connectivity index (χ2n) is 7.55. The Kier molecular flexibility index (Phi) is 5.25. The molecule has 3 rings (SSSR count). The molecule has 27 heavy (non-hydrogen) atoms. The van der Waals surface area contributed by atoms with E-state index < -0.39 is 11.6 Å². The maximum absolute atomic E-state index is 12.1. The first-order valence-electron chi connectivity index (χ1n) is 8.99. The van der Waals surface area contributed by atoms with E-state index in [1.165, 1.54) is 7.11 Å². The number of methoxy groups -OCH3 is 1. The van der Waals surface area contributed by atoms with Crippen molar-refractivity contribution in [1.82, 2.24) is 9.88 Å². The summed E-state index contributed by atoms with van der Waals surface area (Å²) in [4.78, 5) is 30.1. The van der Waals surface area contributed by atoms with E-state index in [1.807, 2.05) is 20.8 Å². The van der Waals surface area contributed by atoms with Gasteiger partial charge in [-0.2, -0.15) is 4.98 Å². The van der Waals surface area contributed by atoms with Crippen molar-refractivity contribution >= 4 is 29.2 Å². The molecule has 0 bridgehead atoms. The molecule has 1 aliphatic rings. The number of anilines is 1. The molecule has 1 amide bonds. The van der Waals surface area contributed by atoms with Crippen LogP contribution in [0.3, 0.4) is 0 Å². The van der Waals surface area contributed by atoms with Gasteiger partial charge in [-0.1, -0.05) is 6.07 Å². The van der Waals surface area contributed by atoms with Crippen molar-refractivity contribution in [3.63, 3.8) is 0 Å². The fourth-order valence-electron chi connectivity index (χ4n) is 2.99. The minimum Gasteiger partial charge on any atom is -0.465 e. The van der Waals surface area contributed by atoms with Gasteiger partial charge in [0, 0.05) is 19.1 Å². The molecular formula is C19H25N3O5. The Morgan fingerprint density at radius 1 is 1.26 bits per heavy atom. The number of ether oxygens (including phenoxy) is 2. The number of carbonyl (C=O) groups excluding carboxylic acids is 2. The van der Waals surface area contributed by atoms with Crippen LogP contribution < -0.4 is 5.32 Å². The number of oxazole rings is 1. The van der Waals surface area contributed by atoms with E-state index >= 15 is 0 Å². The number of para-hydroxylation sites is 1. The van der Waals surface area contributed by atoms with Gasteiger partial charge >= 0.3 is 12.1 Å². The topological polar surface area (TPSA) is 93.9 Å². The number of piperidine rings is 1. The number of nitrogens with one attached hydrogen (secondary N) is 1. The lowest BCUT2D eigenvalue weighted by atomic mass is 10.1. The standard InChI is InChI=1S/C19H25N3O5/c1-19(2,3)27-18(24)22-10-8-12(9-11-22)20-17-21-14-7-5-6-13(15(14)26-17)16(23)25-4/h5-7,12H,8-11H2,1-4H3,(H,20,21). The number of rotatable bonds is 3. The van der Waals surface area contributed by atoms with Gasteiger partial charge in [0.15, 0.2) is 5.58 Å². The van der Waals surface area contributed by atoms with Crippen molar-refractivity contribution < 1.29 is 23.5 Å². The number of aromatic nitrogens is 1. The first-order valence-corrected chi connectivity index (χ1v) is 8.99. The Bertz CT molecular complexity index is 831. The summed E-state index contributed by atoms with van der Waals surface area (Å²) in [6.45, 7) is 6.76. The number of likely N-dealkylation sites (tertiary alicyclic amines) is 1. The quantitative estimate of drug-likeness (QED) is 0.821. The van der Waals surface area contributed by atoms with Crippen molar-refractivity contribution in [2.75, 3.05) is 25.5 Å². The molecule has 1 aliphatic heterocycles. The molecule has 8 nitrogen and oxygen atoms in total. The van der Waals surface area contributed by atoms with Gasteiger partial charge in [0.2, 0.25) is 0 Å². The lowest BCUT2D eigenvalue weighted by Gasteiger charge is -2.33. The van der Waals surface area contributed by atoms with Gasteiger partial charge in [0.25, 0.3) is 6.01 Å². The lowest BCUT2D eigenvalue weighted by Crippen LogP contribution is -2.44. The van der Waals surface area contributed by atoms with Crippen molar-refractivity contribution in [2.24, 2.45) is 0 Å². The Hall–Kier alpha value is -2.77. The summed E-state index contributed by atoms with van der Waals surface area (Å²) >= 11 is 0. The second-order valence-corrected chi connectivity index (χ2v) is 7.55. The first-order chi connectivity index (χ1) is 12.8. The van der Waals surface area contributed by atoms with E-state index in [0.717, 1.165) is 12.8 Å². The molecule has 8 heteroatoms.